The van der Waals surface area contributed by atoms with Crippen LogP contribution in [0.25, 0.3) is 0 Å². The van der Waals surface area contributed by atoms with E-state index >= 15 is 0 Å². The van der Waals surface area contributed by atoms with Crippen LogP contribution in [0.5, 0.6) is 0 Å². The lowest BCUT2D eigenvalue weighted by molar-refractivity contribution is -0.138. The predicted octanol–water partition coefficient (Wildman–Crippen LogP) is 6.87. The summed E-state index contributed by atoms with van der Waals surface area (Å²) in [5, 5.41) is 0. The zero-order valence-corrected chi connectivity index (χ0v) is 22.2. The van der Waals surface area contributed by atoms with Crippen LogP contribution in [0.4, 0.5) is 26.3 Å². The van der Waals surface area contributed by atoms with Gasteiger partial charge in [-0.05, 0) is 61.4 Å². The number of carbonyl (C=O) groups is 2. The third kappa shape index (κ3) is 8.12. The molecule has 0 spiro atoms. The summed E-state index contributed by atoms with van der Waals surface area (Å²) in [6.45, 7) is 4.05. The molecular weight excluding hydrogens is 536 g/mol. The van der Waals surface area contributed by atoms with Crippen LogP contribution < -0.4 is 0 Å². The molecule has 0 aliphatic rings. The van der Waals surface area contributed by atoms with Gasteiger partial charge in [0.15, 0.2) is 0 Å². The van der Waals surface area contributed by atoms with Crippen LogP contribution in [-0.2, 0) is 30.2 Å². The second-order valence-electron chi connectivity index (χ2n) is 9.39. The number of hydrogen-bond acceptors (Lipinski definition) is 2. The first-order valence-electron chi connectivity index (χ1n) is 12.9. The highest BCUT2D eigenvalue weighted by molar-refractivity contribution is 5.96. The summed E-state index contributed by atoms with van der Waals surface area (Å²) in [5.74, 6) is -1.08. The first kappa shape index (κ1) is 30.8. The van der Waals surface area contributed by atoms with Crippen LogP contribution >= 0.6 is 0 Å². The van der Waals surface area contributed by atoms with Crippen LogP contribution in [0, 0.1) is 0 Å². The van der Waals surface area contributed by atoms with Crippen molar-refractivity contribution >= 4 is 11.8 Å². The highest BCUT2D eigenvalue weighted by Gasteiger charge is 2.32. The van der Waals surface area contributed by atoms with Crippen LogP contribution in [0.2, 0.25) is 0 Å². The summed E-state index contributed by atoms with van der Waals surface area (Å²) in [4.78, 5) is 29.1. The second kappa shape index (κ2) is 13.1. The molecule has 0 aliphatic carbocycles. The molecule has 2 amide bonds. The average molecular weight is 568 g/mol. The molecule has 0 atom stereocenters. The summed E-state index contributed by atoms with van der Waals surface area (Å²) in [7, 11) is 0. The third-order valence-corrected chi connectivity index (χ3v) is 6.45. The largest absolute Gasteiger partial charge is 0.416 e. The number of alkyl halides is 6. The molecule has 0 radical (unpaired) electrons. The summed E-state index contributed by atoms with van der Waals surface area (Å²) in [6.07, 6.45) is -5.89. The Hall–Kier alpha value is -3.76. The van der Waals surface area contributed by atoms with Crippen LogP contribution in [0.1, 0.15) is 59.4 Å². The Morgan fingerprint density at radius 3 is 2.10 bits per heavy atom. The van der Waals surface area contributed by atoms with Gasteiger partial charge in [-0.1, -0.05) is 31.5 Å². The standard InChI is InChI=1S/C29H31F6N3O2/c1-3-5-14-38(19-25-13-8-15-37(25)18-21-9-6-11-23(16-21)28(30,31)32)26(39)20-36(4-2)27(40)22-10-7-12-24(17-22)29(33,34)35/h6-13,15-17H,3-5,14,18-20H2,1-2H3. The normalized spacial score (nSPS) is 11.9. The Balaban J connectivity index is 1.77. The van der Waals surface area contributed by atoms with Crippen LogP contribution in [-0.4, -0.2) is 45.8 Å². The van der Waals surface area contributed by atoms with E-state index in [2.05, 4.69) is 0 Å². The van der Waals surface area contributed by atoms with E-state index in [-0.39, 0.29) is 37.6 Å². The molecule has 2 aromatic carbocycles. The van der Waals surface area contributed by atoms with E-state index < -0.39 is 29.4 Å². The van der Waals surface area contributed by atoms with Gasteiger partial charge in [-0.15, -0.1) is 0 Å². The third-order valence-electron chi connectivity index (χ3n) is 6.45. The number of amides is 2. The number of carbonyl (C=O) groups excluding carboxylic acids is 2. The van der Waals surface area contributed by atoms with E-state index in [0.29, 0.717) is 24.2 Å². The molecule has 0 saturated carbocycles. The highest BCUT2D eigenvalue weighted by Crippen LogP contribution is 2.31. The number of likely N-dealkylation sites (N-methyl/N-ethyl adjacent to an activating group) is 1. The minimum absolute atomic E-state index is 0.106. The molecule has 0 bridgehead atoms. The summed E-state index contributed by atoms with van der Waals surface area (Å²) < 4.78 is 80.6. The van der Waals surface area contributed by atoms with Crippen molar-refractivity contribution in [3.8, 4) is 0 Å². The van der Waals surface area contributed by atoms with Crippen molar-refractivity contribution in [2.75, 3.05) is 19.6 Å². The Morgan fingerprint density at radius 2 is 1.48 bits per heavy atom. The first-order chi connectivity index (χ1) is 18.8. The van der Waals surface area contributed by atoms with Gasteiger partial charge in [-0.25, -0.2) is 0 Å². The topological polar surface area (TPSA) is 45.6 Å². The summed E-state index contributed by atoms with van der Waals surface area (Å²) in [6, 6.07) is 12.6. The molecule has 40 heavy (non-hydrogen) atoms. The van der Waals surface area contributed by atoms with E-state index in [9.17, 15) is 35.9 Å². The summed E-state index contributed by atoms with van der Waals surface area (Å²) in [5.41, 5.74) is -0.730. The second-order valence-corrected chi connectivity index (χ2v) is 9.39. The molecule has 0 fully saturated rings. The zero-order valence-electron chi connectivity index (χ0n) is 22.2. The number of halogens is 6. The monoisotopic (exact) mass is 567 g/mol. The molecule has 11 heteroatoms. The molecule has 0 N–H and O–H groups in total. The number of hydrogen-bond donors (Lipinski definition) is 0. The SMILES string of the molecule is CCCCN(Cc1cccn1Cc1cccc(C(F)(F)F)c1)C(=O)CN(CC)C(=O)c1cccc(C(F)(F)F)c1. The smallest absolute Gasteiger partial charge is 0.345 e. The van der Waals surface area contributed by atoms with Gasteiger partial charge < -0.3 is 14.4 Å². The zero-order chi connectivity index (χ0) is 29.5. The maximum Gasteiger partial charge on any atom is 0.416 e. The molecule has 0 aliphatic heterocycles. The van der Waals surface area contributed by atoms with Gasteiger partial charge in [-0.3, -0.25) is 9.59 Å². The van der Waals surface area contributed by atoms with Crippen molar-refractivity contribution < 1.29 is 35.9 Å². The highest BCUT2D eigenvalue weighted by atomic mass is 19.4. The molecular formula is C29H31F6N3O2. The number of aromatic nitrogens is 1. The molecule has 3 rings (SSSR count). The number of nitrogens with zero attached hydrogens (tertiary/aromatic N) is 3. The lowest BCUT2D eigenvalue weighted by atomic mass is 10.1. The van der Waals surface area contributed by atoms with Crippen molar-refractivity contribution in [1.29, 1.82) is 0 Å². The Morgan fingerprint density at radius 1 is 0.825 bits per heavy atom. The van der Waals surface area contributed by atoms with Crippen LogP contribution in [0.3, 0.4) is 0 Å². The van der Waals surface area contributed by atoms with Gasteiger partial charge in [0.1, 0.15) is 6.54 Å². The van der Waals surface area contributed by atoms with Gasteiger partial charge in [0.05, 0.1) is 17.7 Å². The van der Waals surface area contributed by atoms with Gasteiger partial charge in [0.2, 0.25) is 5.91 Å². The van der Waals surface area contributed by atoms with E-state index in [4.69, 9.17) is 0 Å². The minimum Gasteiger partial charge on any atom is -0.345 e. The Bertz CT molecular complexity index is 1300. The fraction of sp³-hybridized carbons (Fsp3) is 0.379. The fourth-order valence-corrected chi connectivity index (χ4v) is 4.23. The van der Waals surface area contributed by atoms with Crippen molar-refractivity contribution in [2.24, 2.45) is 0 Å². The first-order valence-corrected chi connectivity index (χ1v) is 12.9. The number of unbranched alkanes of at least 4 members (excludes halogenated alkanes) is 1. The quantitative estimate of drug-likeness (QED) is 0.238. The predicted molar refractivity (Wildman–Crippen MR) is 138 cm³/mol. The molecule has 216 valence electrons. The lowest BCUT2D eigenvalue weighted by Gasteiger charge is -2.28. The molecule has 1 aromatic heterocycles. The van der Waals surface area contributed by atoms with Gasteiger partial charge >= 0.3 is 12.4 Å². The molecule has 0 saturated heterocycles. The fourth-order valence-electron chi connectivity index (χ4n) is 4.23. The molecule has 1 heterocycles. The average Bonchev–Trinajstić information content (AvgIpc) is 3.34. The van der Waals surface area contributed by atoms with E-state index in [1.54, 1.807) is 40.8 Å². The number of rotatable bonds is 11. The van der Waals surface area contributed by atoms with Crippen molar-refractivity contribution in [2.45, 2.75) is 52.1 Å². The maximum atomic E-state index is 13.3. The van der Waals surface area contributed by atoms with Crippen molar-refractivity contribution in [3.63, 3.8) is 0 Å². The molecule has 5 nitrogen and oxygen atoms in total. The Kier molecular flexibility index (Phi) is 10.1. The number of benzene rings is 2. The van der Waals surface area contributed by atoms with Gasteiger partial charge in [-0.2, -0.15) is 26.3 Å². The minimum atomic E-state index is -4.61. The van der Waals surface area contributed by atoms with Crippen molar-refractivity contribution in [3.05, 3.63) is 94.8 Å². The lowest BCUT2D eigenvalue weighted by Crippen LogP contribution is -2.43. The van der Waals surface area contributed by atoms with Gasteiger partial charge in [0.25, 0.3) is 5.91 Å². The van der Waals surface area contributed by atoms with E-state index in [1.807, 2.05) is 6.92 Å². The summed E-state index contributed by atoms with van der Waals surface area (Å²) >= 11 is 0. The van der Waals surface area contributed by atoms with Crippen molar-refractivity contribution in [1.82, 2.24) is 14.4 Å². The Labute approximate surface area is 229 Å². The molecule has 0 unspecified atom stereocenters. The van der Waals surface area contributed by atoms with Gasteiger partial charge in [0, 0.05) is 37.1 Å². The maximum absolute atomic E-state index is 13.3. The van der Waals surface area contributed by atoms with E-state index in [0.717, 1.165) is 36.8 Å². The molecule has 3 aromatic rings. The van der Waals surface area contributed by atoms with E-state index in [1.165, 1.54) is 17.0 Å². The van der Waals surface area contributed by atoms with Crippen LogP contribution in [0.15, 0.2) is 66.9 Å².